The van der Waals surface area contributed by atoms with Gasteiger partial charge in [-0.1, -0.05) is 18.2 Å². The van der Waals surface area contributed by atoms with E-state index in [2.05, 4.69) is 15.6 Å². The summed E-state index contributed by atoms with van der Waals surface area (Å²) in [6.45, 7) is 1.98. The Balaban J connectivity index is 2.11. The van der Waals surface area contributed by atoms with Crippen molar-refractivity contribution in [2.45, 2.75) is 50.7 Å². The first kappa shape index (κ1) is 22.4. The molecule has 1 aromatic carbocycles. The molecule has 9 heteroatoms. The number of unbranched alkanes of at least 4 members (excludes halogenated alkanes) is 1. The number of para-hydroxylation sites is 1. The average Bonchev–Trinajstić information content (AvgIpc) is 3.09. The van der Waals surface area contributed by atoms with Crippen molar-refractivity contribution in [1.29, 1.82) is 0 Å². The highest BCUT2D eigenvalue weighted by molar-refractivity contribution is 5.92. The molecule has 9 nitrogen and oxygen atoms in total. The van der Waals surface area contributed by atoms with Crippen LogP contribution in [0.25, 0.3) is 10.9 Å². The summed E-state index contributed by atoms with van der Waals surface area (Å²) in [4.78, 5) is 39.5. The van der Waals surface area contributed by atoms with E-state index in [1.54, 1.807) is 6.20 Å². The van der Waals surface area contributed by atoms with Crippen molar-refractivity contribution in [3.8, 4) is 0 Å². The predicted molar refractivity (Wildman–Crippen MR) is 110 cm³/mol. The Morgan fingerprint density at radius 2 is 1.79 bits per heavy atom. The van der Waals surface area contributed by atoms with Crippen molar-refractivity contribution in [2.24, 2.45) is 11.5 Å². The molecule has 2 amide bonds. The molecule has 0 aliphatic heterocycles. The van der Waals surface area contributed by atoms with Gasteiger partial charge < -0.3 is 32.2 Å². The van der Waals surface area contributed by atoms with Gasteiger partial charge in [-0.15, -0.1) is 0 Å². The van der Waals surface area contributed by atoms with E-state index < -0.39 is 35.9 Å². The fourth-order valence-corrected chi connectivity index (χ4v) is 3.06. The third kappa shape index (κ3) is 6.30. The lowest BCUT2D eigenvalue weighted by Crippen LogP contribution is -2.54. The third-order valence-electron chi connectivity index (χ3n) is 4.71. The maximum atomic E-state index is 12.7. The van der Waals surface area contributed by atoms with Crippen LogP contribution in [0.15, 0.2) is 30.5 Å². The van der Waals surface area contributed by atoms with E-state index in [-0.39, 0.29) is 6.42 Å². The van der Waals surface area contributed by atoms with E-state index in [1.807, 2.05) is 24.3 Å². The van der Waals surface area contributed by atoms with Gasteiger partial charge >= 0.3 is 5.97 Å². The number of amides is 2. The van der Waals surface area contributed by atoms with Gasteiger partial charge in [-0.05, 0) is 44.4 Å². The number of H-pyrrole nitrogens is 1. The summed E-state index contributed by atoms with van der Waals surface area (Å²) < 4.78 is 0. The Bertz CT molecular complexity index is 848. The minimum atomic E-state index is -1.15. The van der Waals surface area contributed by atoms with E-state index in [4.69, 9.17) is 11.5 Å². The Labute approximate surface area is 169 Å². The van der Waals surface area contributed by atoms with Crippen molar-refractivity contribution in [3.63, 3.8) is 0 Å². The number of nitrogens with two attached hydrogens (primary N) is 2. The van der Waals surface area contributed by atoms with Crippen molar-refractivity contribution >= 4 is 28.7 Å². The molecule has 0 fully saturated rings. The van der Waals surface area contributed by atoms with Crippen LogP contribution in [0, 0.1) is 0 Å². The highest BCUT2D eigenvalue weighted by atomic mass is 16.4. The van der Waals surface area contributed by atoms with Gasteiger partial charge in [0.1, 0.15) is 12.1 Å². The van der Waals surface area contributed by atoms with Crippen LogP contribution in [0.3, 0.4) is 0 Å². The van der Waals surface area contributed by atoms with Crippen LogP contribution in [0.2, 0.25) is 0 Å². The third-order valence-corrected chi connectivity index (χ3v) is 4.71. The Morgan fingerprint density at radius 3 is 2.45 bits per heavy atom. The minimum absolute atomic E-state index is 0.113. The Kier molecular flexibility index (Phi) is 8.17. The van der Waals surface area contributed by atoms with E-state index >= 15 is 0 Å². The fraction of sp³-hybridized carbons (Fsp3) is 0.450. The number of aromatic nitrogens is 1. The molecule has 3 atom stereocenters. The monoisotopic (exact) mass is 403 g/mol. The van der Waals surface area contributed by atoms with Crippen LogP contribution in [-0.2, 0) is 20.8 Å². The molecule has 8 N–H and O–H groups in total. The number of carboxylic acids is 1. The van der Waals surface area contributed by atoms with Crippen molar-refractivity contribution < 1.29 is 19.5 Å². The van der Waals surface area contributed by atoms with Gasteiger partial charge in [0.15, 0.2) is 0 Å². The molecule has 0 radical (unpaired) electrons. The molecule has 29 heavy (non-hydrogen) atoms. The number of hydrogen-bond donors (Lipinski definition) is 6. The zero-order valence-electron chi connectivity index (χ0n) is 16.5. The predicted octanol–water partition coefficient (Wildman–Crippen LogP) is 0.241. The van der Waals surface area contributed by atoms with Gasteiger partial charge in [-0.2, -0.15) is 0 Å². The quantitative estimate of drug-likeness (QED) is 0.294. The number of aromatic amines is 1. The van der Waals surface area contributed by atoms with E-state index in [1.165, 1.54) is 6.92 Å². The maximum Gasteiger partial charge on any atom is 0.326 e. The second-order valence-corrected chi connectivity index (χ2v) is 7.10. The topological polar surface area (TPSA) is 163 Å². The number of rotatable bonds is 11. The lowest BCUT2D eigenvalue weighted by molar-refractivity contribution is -0.142. The summed E-state index contributed by atoms with van der Waals surface area (Å²) in [6, 6.07) is 4.75. The minimum Gasteiger partial charge on any atom is -0.480 e. The number of carbonyl (C=O) groups excluding carboxylic acids is 2. The number of nitrogens with one attached hydrogen (secondary N) is 3. The van der Waals surface area contributed by atoms with Gasteiger partial charge in [0, 0.05) is 23.5 Å². The van der Waals surface area contributed by atoms with Crippen LogP contribution in [-0.4, -0.2) is 52.5 Å². The van der Waals surface area contributed by atoms with E-state index in [9.17, 15) is 19.5 Å². The van der Waals surface area contributed by atoms with Crippen molar-refractivity contribution in [3.05, 3.63) is 36.0 Å². The summed E-state index contributed by atoms with van der Waals surface area (Å²) in [6.07, 6.45) is 3.51. The first-order valence-electron chi connectivity index (χ1n) is 9.67. The molecule has 158 valence electrons. The molecule has 0 spiro atoms. The zero-order valence-corrected chi connectivity index (χ0v) is 16.5. The Morgan fingerprint density at radius 1 is 1.10 bits per heavy atom. The van der Waals surface area contributed by atoms with Crippen LogP contribution < -0.4 is 22.1 Å². The van der Waals surface area contributed by atoms with Crippen molar-refractivity contribution in [2.75, 3.05) is 6.54 Å². The number of hydrogen-bond acceptors (Lipinski definition) is 5. The Hall–Kier alpha value is -2.91. The number of carbonyl (C=O) groups is 3. The highest BCUT2D eigenvalue weighted by Gasteiger charge is 2.27. The lowest BCUT2D eigenvalue weighted by Gasteiger charge is -2.22. The van der Waals surface area contributed by atoms with Gasteiger partial charge in [0.05, 0.1) is 6.04 Å². The second-order valence-electron chi connectivity index (χ2n) is 7.10. The summed E-state index contributed by atoms with van der Waals surface area (Å²) >= 11 is 0. The van der Waals surface area contributed by atoms with Crippen LogP contribution in [0.1, 0.15) is 31.7 Å². The van der Waals surface area contributed by atoms with Gasteiger partial charge in [-0.3, -0.25) is 9.59 Å². The average molecular weight is 403 g/mol. The molecule has 0 unspecified atom stereocenters. The fourth-order valence-electron chi connectivity index (χ4n) is 3.06. The molecule has 0 aliphatic rings. The van der Waals surface area contributed by atoms with Gasteiger partial charge in [0.25, 0.3) is 0 Å². The van der Waals surface area contributed by atoms with Crippen LogP contribution in [0.5, 0.6) is 0 Å². The smallest absolute Gasteiger partial charge is 0.326 e. The normalized spacial score (nSPS) is 14.2. The molecule has 0 bridgehead atoms. The SMILES string of the molecule is C[C@H](N)C(=O)N[C@@H](CCCCN)C(=O)N[C@@H](Cc1c[nH]c2ccccc12)C(=O)O. The van der Waals surface area contributed by atoms with Crippen LogP contribution >= 0.6 is 0 Å². The summed E-state index contributed by atoms with van der Waals surface area (Å²) in [5.74, 6) is -2.17. The summed E-state index contributed by atoms with van der Waals surface area (Å²) in [5, 5.41) is 15.7. The maximum absolute atomic E-state index is 12.7. The van der Waals surface area contributed by atoms with Gasteiger partial charge in [-0.25, -0.2) is 4.79 Å². The molecule has 0 saturated heterocycles. The second kappa shape index (κ2) is 10.6. The molecule has 1 aromatic heterocycles. The first-order chi connectivity index (χ1) is 13.8. The number of benzene rings is 1. The molecule has 1 heterocycles. The molecule has 2 rings (SSSR count). The highest BCUT2D eigenvalue weighted by Crippen LogP contribution is 2.19. The molecule has 0 aliphatic carbocycles. The summed E-state index contributed by atoms with van der Waals surface area (Å²) in [5.41, 5.74) is 12.7. The molecular weight excluding hydrogens is 374 g/mol. The lowest BCUT2D eigenvalue weighted by atomic mass is 10.0. The van der Waals surface area contributed by atoms with Gasteiger partial charge in [0.2, 0.25) is 11.8 Å². The van der Waals surface area contributed by atoms with Crippen LogP contribution in [0.4, 0.5) is 0 Å². The largest absolute Gasteiger partial charge is 0.480 e. The zero-order chi connectivity index (χ0) is 21.4. The number of carboxylic acid groups (broad SMARTS) is 1. The number of fused-ring (bicyclic) bond motifs is 1. The van der Waals surface area contributed by atoms with Crippen molar-refractivity contribution in [1.82, 2.24) is 15.6 Å². The van der Waals surface area contributed by atoms with E-state index in [0.717, 1.165) is 16.5 Å². The number of aliphatic carboxylic acids is 1. The standard InChI is InChI=1S/C20H29N5O4/c1-12(22)18(26)24-16(8-4-5-9-21)19(27)25-17(20(28)29)10-13-11-23-15-7-3-2-6-14(13)15/h2-3,6-7,11-12,16-17,23H,4-5,8-10,21-22H2,1H3,(H,24,26)(H,25,27)(H,28,29)/t12-,16-,17-/m0/s1. The van der Waals surface area contributed by atoms with E-state index in [0.29, 0.717) is 25.8 Å². The molecule has 0 saturated carbocycles. The first-order valence-corrected chi connectivity index (χ1v) is 9.67. The molecule has 2 aromatic rings. The molecular formula is C20H29N5O4. The summed E-state index contributed by atoms with van der Waals surface area (Å²) in [7, 11) is 0.